The van der Waals surface area contributed by atoms with Gasteiger partial charge >= 0.3 is 5.97 Å². The van der Waals surface area contributed by atoms with Gasteiger partial charge in [-0.3, -0.25) is 0 Å². The van der Waals surface area contributed by atoms with Crippen molar-refractivity contribution in [3.05, 3.63) is 59.1 Å². The minimum absolute atomic E-state index is 0.0222. The van der Waals surface area contributed by atoms with Crippen molar-refractivity contribution < 1.29 is 14.3 Å². The summed E-state index contributed by atoms with van der Waals surface area (Å²) in [5.74, 6) is -0.414. The third kappa shape index (κ3) is 2.77. The van der Waals surface area contributed by atoms with Crippen LogP contribution < -0.4 is 4.90 Å². The number of carboxylic acid groups (broad SMARTS) is 1. The first-order chi connectivity index (χ1) is 10.8. The van der Waals surface area contributed by atoms with Crippen LogP contribution in [-0.2, 0) is 6.54 Å². The number of carbonyl (C=O) groups is 1. The van der Waals surface area contributed by atoms with E-state index >= 15 is 0 Å². The Kier molecular flexibility index (Phi) is 3.55. The van der Waals surface area contributed by atoms with E-state index in [4.69, 9.17) is 9.52 Å². The van der Waals surface area contributed by atoms with E-state index in [2.05, 4.69) is 56.9 Å². The fraction of sp³-hybridized carbons (Fsp3) is 0.316. The number of aromatic carboxylic acids is 1. The molecule has 1 aliphatic heterocycles. The Labute approximate surface area is 136 Å². The molecule has 2 heterocycles. The zero-order valence-corrected chi connectivity index (χ0v) is 13.9. The molecule has 0 unspecified atom stereocenters. The molecular weight excluding hydrogens is 290 g/mol. The van der Waals surface area contributed by atoms with Gasteiger partial charge in [-0.2, -0.15) is 0 Å². The van der Waals surface area contributed by atoms with Crippen LogP contribution in [0.1, 0.15) is 48.2 Å². The molecule has 120 valence electrons. The number of fused-ring (bicyclic) bond motifs is 1. The number of hydrogen-bond acceptors (Lipinski definition) is 3. The van der Waals surface area contributed by atoms with Gasteiger partial charge in [-0.15, -0.1) is 0 Å². The Morgan fingerprint density at radius 2 is 1.96 bits per heavy atom. The average molecular weight is 311 g/mol. The van der Waals surface area contributed by atoms with Gasteiger partial charge in [-0.05, 0) is 57.0 Å². The Balaban J connectivity index is 2.02. The first-order valence-corrected chi connectivity index (χ1v) is 7.68. The van der Waals surface area contributed by atoms with Crippen LogP contribution in [0.5, 0.6) is 0 Å². The quantitative estimate of drug-likeness (QED) is 0.907. The van der Waals surface area contributed by atoms with Crippen LogP contribution in [0.2, 0.25) is 0 Å². The molecule has 3 rings (SSSR count). The largest absolute Gasteiger partial charge is 0.475 e. The fourth-order valence-electron chi connectivity index (χ4n) is 3.22. The van der Waals surface area contributed by atoms with Crippen molar-refractivity contribution in [2.45, 2.75) is 39.8 Å². The van der Waals surface area contributed by atoms with E-state index < -0.39 is 5.97 Å². The Hall–Kier alpha value is -2.49. The molecule has 0 atom stereocenters. The highest BCUT2D eigenvalue weighted by molar-refractivity contribution is 5.84. The summed E-state index contributed by atoms with van der Waals surface area (Å²) in [6.45, 7) is 9.05. The number of carboxylic acids is 1. The van der Waals surface area contributed by atoms with Crippen LogP contribution in [-0.4, -0.2) is 16.6 Å². The number of hydrogen-bond donors (Lipinski definition) is 1. The summed E-state index contributed by atoms with van der Waals surface area (Å²) in [4.78, 5) is 13.3. The SMILES string of the molecule is CC1=CC(C)(C)N(Cc2ccc(C(=O)O)o2)c2cc(C)ccc21. The maximum Gasteiger partial charge on any atom is 0.371 e. The Morgan fingerprint density at radius 1 is 1.22 bits per heavy atom. The number of anilines is 1. The Bertz CT molecular complexity index is 799. The van der Waals surface area contributed by atoms with E-state index in [1.165, 1.54) is 22.8 Å². The first kappa shape index (κ1) is 15.4. The van der Waals surface area contributed by atoms with Crippen molar-refractivity contribution >= 4 is 17.2 Å². The fourth-order valence-corrected chi connectivity index (χ4v) is 3.22. The molecule has 4 heteroatoms. The lowest BCUT2D eigenvalue weighted by Crippen LogP contribution is -2.44. The smallest absolute Gasteiger partial charge is 0.371 e. The maximum atomic E-state index is 11.0. The van der Waals surface area contributed by atoms with Crippen LogP contribution in [0.25, 0.3) is 5.57 Å². The number of nitrogens with zero attached hydrogens (tertiary/aromatic N) is 1. The van der Waals surface area contributed by atoms with Crippen molar-refractivity contribution in [1.29, 1.82) is 0 Å². The lowest BCUT2D eigenvalue weighted by atomic mass is 9.88. The third-order valence-electron chi connectivity index (χ3n) is 4.32. The van der Waals surface area contributed by atoms with Crippen LogP contribution in [0.4, 0.5) is 5.69 Å². The highest BCUT2D eigenvalue weighted by Crippen LogP contribution is 2.40. The monoisotopic (exact) mass is 311 g/mol. The van der Waals surface area contributed by atoms with Crippen LogP contribution in [0.15, 0.2) is 40.8 Å². The van der Waals surface area contributed by atoms with E-state index in [0.717, 1.165) is 5.69 Å². The number of furan rings is 1. The average Bonchev–Trinajstić information content (AvgIpc) is 2.91. The van der Waals surface area contributed by atoms with E-state index in [9.17, 15) is 4.79 Å². The summed E-state index contributed by atoms with van der Waals surface area (Å²) in [5, 5.41) is 9.02. The van der Waals surface area contributed by atoms with Gasteiger partial charge in [0.25, 0.3) is 0 Å². The van der Waals surface area contributed by atoms with Crippen molar-refractivity contribution in [3.63, 3.8) is 0 Å². The zero-order chi connectivity index (χ0) is 16.8. The van der Waals surface area contributed by atoms with Crippen LogP contribution in [0.3, 0.4) is 0 Å². The predicted molar refractivity (Wildman–Crippen MR) is 90.8 cm³/mol. The molecular formula is C19H21NO3. The van der Waals surface area contributed by atoms with Crippen molar-refractivity contribution in [2.24, 2.45) is 0 Å². The van der Waals surface area contributed by atoms with E-state index in [0.29, 0.717) is 12.3 Å². The van der Waals surface area contributed by atoms with E-state index in [-0.39, 0.29) is 11.3 Å². The second-order valence-corrected chi connectivity index (χ2v) is 6.66. The molecule has 1 N–H and O–H groups in total. The molecule has 0 amide bonds. The lowest BCUT2D eigenvalue weighted by molar-refractivity contribution is 0.0660. The molecule has 0 radical (unpaired) electrons. The summed E-state index contributed by atoms with van der Waals surface area (Å²) in [6, 6.07) is 9.67. The zero-order valence-electron chi connectivity index (χ0n) is 13.9. The summed E-state index contributed by atoms with van der Waals surface area (Å²) >= 11 is 0. The Morgan fingerprint density at radius 3 is 2.61 bits per heavy atom. The molecule has 0 aliphatic carbocycles. The molecule has 0 saturated carbocycles. The summed E-state index contributed by atoms with van der Waals surface area (Å²) in [7, 11) is 0. The minimum atomic E-state index is -1.04. The van der Waals surface area contributed by atoms with Crippen LogP contribution in [0, 0.1) is 6.92 Å². The van der Waals surface area contributed by atoms with Gasteiger partial charge in [-0.1, -0.05) is 18.2 Å². The van der Waals surface area contributed by atoms with Gasteiger partial charge < -0.3 is 14.4 Å². The molecule has 4 nitrogen and oxygen atoms in total. The molecule has 23 heavy (non-hydrogen) atoms. The lowest BCUT2D eigenvalue weighted by Gasteiger charge is -2.43. The number of aryl methyl sites for hydroxylation is 1. The van der Waals surface area contributed by atoms with Gasteiger partial charge in [0.05, 0.1) is 12.1 Å². The molecule has 1 aromatic carbocycles. The minimum Gasteiger partial charge on any atom is -0.475 e. The van der Waals surface area contributed by atoms with Gasteiger partial charge in [0.15, 0.2) is 0 Å². The van der Waals surface area contributed by atoms with Gasteiger partial charge in [-0.25, -0.2) is 4.79 Å². The predicted octanol–water partition coefficient (Wildman–Crippen LogP) is 4.49. The highest BCUT2D eigenvalue weighted by atomic mass is 16.4. The summed E-state index contributed by atoms with van der Waals surface area (Å²) in [5.41, 5.74) is 4.64. The van der Waals surface area contributed by atoms with E-state index in [1.807, 2.05) is 0 Å². The molecule has 0 fully saturated rings. The van der Waals surface area contributed by atoms with Gasteiger partial charge in [0.1, 0.15) is 5.76 Å². The van der Waals surface area contributed by atoms with E-state index in [1.54, 1.807) is 6.07 Å². The molecule has 1 aliphatic rings. The van der Waals surface area contributed by atoms with Gasteiger partial charge in [0.2, 0.25) is 5.76 Å². The number of benzene rings is 1. The van der Waals surface area contributed by atoms with Crippen molar-refractivity contribution in [3.8, 4) is 0 Å². The molecule has 0 bridgehead atoms. The normalized spacial score (nSPS) is 16.0. The van der Waals surface area contributed by atoms with Crippen LogP contribution >= 0.6 is 0 Å². The van der Waals surface area contributed by atoms with Crippen molar-refractivity contribution in [1.82, 2.24) is 0 Å². The molecule has 1 aromatic heterocycles. The summed E-state index contributed by atoms with van der Waals surface area (Å²) in [6.07, 6.45) is 2.24. The topological polar surface area (TPSA) is 53.7 Å². The van der Waals surface area contributed by atoms with Gasteiger partial charge in [0, 0.05) is 11.3 Å². The second kappa shape index (κ2) is 5.30. The highest BCUT2D eigenvalue weighted by Gasteiger charge is 2.32. The molecule has 2 aromatic rings. The molecule has 0 saturated heterocycles. The first-order valence-electron chi connectivity index (χ1n) is 7.68. The third-order valence-corrected chi connectivity index (χ3v) is 4.32. The maximum absolute atomic E-state index is 11.0. The molecule has 0 spiro atoms. The standard InChI is InChI=1S/C19H21NO3/c1-12-5-7-15-13(2)10-19(3,4)20(16(15)9-12)11-14-6-8-17(23-14)18(21)22/h5-10H,11H2,1-4H3,(H,21,22). The number of allylic oxidation sites excluding steroid dienone is 1. The van der Waals surface area contributed by atoms with Crippen molar-refractivity contribution in [2.75, 3.05) is 4.90 Å². The summed E-state index contributed by atoms with van der Waals surface area (Å²) < 4.78 is 5.45. The second-order valence-electron chi connectivity index (χ2n) is 6.66. The number of rotatable bonds is 3.